The van der Waals surface area contributed by atoms with E-state index >= 15 is 0 Å². The van der Waals surface area contributed by atoms with Crippen LogP contribution in [0.15, 0.2) is 58.8 Å². The highest BCUT2D eigenvalue weighted by Crippen LogP contribution is 2.45. The minimum atomic E-state index is -0.410. The third kappa shape index (κ3) is 6.35. The number of carbonyl (C=O) groups is 1. The molecule has 0 N–H and O–H groups in total. The van der Waals surface area contributed by atoms with Crippen LogP contribution in [0.2, 0.25) is 20.1 Å². The summed E-state index contributed by atoms with van der Waals surface area (Å²) < 4.78 is 5.16. The second-order valence-corrected chi connectivity index (χ2v) is 10.8. The average molecular weight is 581 g/mol. The summed E-state index contributed by atoms with van der Waals surface area (Å²) in [5.74, 6) is -0.408. The van der Waals surface area contributed by atoms with Gasteiger partial charge < -0.3 is 4.74 Å². The number of hydrogen-bond acceptors (Lipinski definition) is 5. The molecule has 2 atom stereocenters. The average Bonchev–Trinajstić information content (AvgIpc) is 3.21. The molecule has 0 bridgehead atoms. The number of nitrogens with zero attached hydrogens (tertiary/aromatic N) is 3. The van der Waals surface area contributed by atoms with Gasteiger partial charge in [-0.3, -0.25) is 9.91 Å². The van der Waals surface area contributed by atoms with Crippen molar-refractivity contribution in [1.29, 1.82) is 0 Å². The zero-order valence-electron chi connectivity index (χ0n) is 21.0. The minimum Gasteiger partial charge on any atom is -0.463 e. The van der Waals surface area contributed by atoms with Crippen LogP contribution in [0.5, 0.6) is 0 Å². The second-order valence-electron chi connectivity index (χ2n) is 9.16. The summed E-state index contributed by atoms with van der Waals surface area (Å²) in [5.41, 5.74) is 4.46. The third-order valence-corrected chi connectivity index (χ3v) is 7.60. The minimum absolute atomic E-state index is 0.00171. The zero-order chi connectivity index (χ0) is 26.7. The molecule has 2 aliphatic rings. The Morgan fingerprint density at radius 1 is 1.08 bits per heavy atom. The maximum absolute atomic E-state index is 12.3. The first-order valence-electron chi connectivity index (χ1n) is 12.3. The van der Waals surface area contributed by atoms with Crippen molar-refractivity contribution in [3.8, 4) is 0 Å². The van der Waals surface area contributed by atoms with Crippen molar-refractivity contribution in [1.82, 2.24) is 9.91 Å². The predicted molar refractivity (Wildman–Crippen MR) is 154 cm³/mol. The summed E-state index contributed by atoms with van der Waals surface area (Å²) in [4.78, 5) is 14.7. The van der Waals surface area contributed by atoms with Crippen molar-refractivity contribution in [2.75, 3.05) is 26.2 Å². The first kappa shape index (κ1) is 28.0. The molecule has 2 unspecified atom stereocenters. The molecule has 0 aliphatic carbocycles. The molecule has 2 heterocycles. The lowest BCUT2D eigenvalue weighted by molar-refractivity contribution is -0.137. The second kappa shape index (κ2) is 12.2. The summed E-state index contributed by atoms with van der Waals surface area (Å²) in [6, 6.07) is 10.8. The Balaban J connectivity index is 1.85. The van der Waals surface area contributed by atoms with E-state index in [9.17, 15) is 4.79 Å². The number of piperidine rings is 1. The maximum atomic E-state index is 12.3. The number of carbonyl (C=O) groups excluding carboxylic acids is 1. The molecular weight excluding hydrogens is 552 g/mol. The Morgan fingerprint density at radius 3 is 2.43 bits per heavy atom. The van der Waals surface area contributed by atoms with E-state index in [2.05, 4.69) is 17.9 Å². The Kier molecular flexibility index (Phi) is 9.25. The van der Waals surface area contributed by atoms with E-state index in [1.165, 1.54) is 6.08 Å². The largest absolute Gasteiger partial charge is 0.463 e. The summed E-state index contributed by atoms with van der Waals surface area (Å²) in [6.45, 7) is 8.58. The first-order chi connectivity index (χ1) is 17.7. The number of hydrazone groups is 1. The van der Waals surface area contributed by atoms with E-state index < -0.39 is 5.97 Å². The highest BCUT2D eigenvalue weighted by Gasteiger charge is 2.44. The van der Waals surface area contributed by atoms with Gasteiger partial charge in [0.05, 0.1) is 18.4 Å². The van der Waals surface area contributed by atoms with Gasteiger partial charge in [0.1, 0.15) is 0 Å². The van der Waals surface area contributed by atoms with Crippen LogP contribution in [0.4, 0.5) is 0 Å². The van der Waals surface area contributed by atoms with Gasteiger partial charge in [-0.15, -0.1) is 0 Å². The Hall–Kier alpha value is -2.02. The number of likely N-dealkylation sites (tertiary alicyclic amines) is 1. The fourth-order valence-corrected chi connectivity index (χ4v) is 5.93. The number of esters is 1. The van der Waals surface area contributed by atoms with Crippen LogP contribution in [0.25, 0.3) is 6.08 Å². The lowest BCUT2D eigenvalue weighted by Gasteiger charge is -2.36. The fourth-order valence-electron chi connectivity index (χ4n) is 4.95. The number of allylic oxidation sites excluding steroid dienone is 1. The Bertz CT molecular complexity index is 1270. The molecule has 37 heavy (non-hydrogen) atoms. The van der Waals surface area contributed by atoms with Crippen molar-refractivity contribution in [3.63, 3.8) is 0 Å². The number of fused-ring (bicyclic) bond motifs is 1. The number of ether oxygens (including phenoxy) is 1. The lowest BCUT2D eigenvalue weighted by Crippen LogP contribution is -2.44. The van der Waals surface area contributed by atoms with Crippen molar-refractivity contribution < 1.29 is 9.53 Å². The molecule has 0 amide bonds. The number of rotatable bonds is 7. The number of hydrogen-bond donors (Lipinski definition) is 0. The molecule has 2 aliphatic heterocycles. The van der Waals surface area contributed by atoms with Gasteiger partial charge in [-0.05, 0) is 73.9 Å². The van der Waals surface area contributed by atoms with Crippen LogP contribution in [-0.4, -0.2) is 47.8 Å². The van der Waals surface area contributed by atoms with E-state index in [0.29, 0.717) is 32.4 Å². The standard InChI is InChI=1S/C28H29Cl4N3O2/c1-4-10-34-15-19(12-18-6-7-20(29)13-24(18)31)27-23(16-34)28(22-9-8-21(30)14-25(22)32)35(33-27)17(3)11-26(36)37-5-2/h6-9,11-14,23,28H,4-5,10,15-16H2,1-3H3/b17-11+,19-12+. The molecule has 4 rings (SSSR count). The normalized spacial score (nSPS) is 21.3. The Labute approximate surface area is 238 Å². The molecular formula is C28H29Cl4N3O2. The topological polar surface area (TPSA) is 45.1 Å². The first-order valence-corrected chi connectivity index (χ1v) is 13.8. The monoisotopic (exact) mass is 579 g/mol. The highest BCUT2D eigenvalue weighted by atomic mass is 35.5. The summed E-state index contributed by atoms with van der Waals surface area (Å²) in [5, 5.41) is 9.25. The van der Waals surface area contributed by atoms with Gasteiger partial charge in [0.15, 0.2) is 0 Å². The molecule has 5 nitrogen and oxygen atoms in total. The summed E-state index contributed by atoms with van der Waals surface area (Å²) in [6.07, 6.45) is 4.58. The molecule has 1 fully saturated rings. The molecule has 0 saturated carbocycles. The van der Waals surface area contributed by atoms with E-state index in [1.807, 2.05) is 36.2 Å². The van der Waals surface area contributed by atoms with Gasteiger partial charge in [-0.2, -0.15) is 5.10 Å². The molecule has 2 aromatic carbocycles. The molecule has 0 aromatic heterocycles. The molecule has 9 heteroatoms. The quantitative estimate of drug-likeness (QED) is 0.246. The molecule has 1 saturated heterocycles. The van der Waals surface area contributed by atoms with Gasteiger partial charge in [0.25, 0.3) is 0 Å². The lowest BCUT2D eigenvalue weighted by atomic mass is 9.83. The molecule has 196 valence electrons. The van der Waals surface area contributed by atoms with Gasteiger partial charge in [0.2, 0.25) is 0 Å². The van der Waals surface area contributed by atoms with Gasteiger partial charge in [0, 0.05) is 50.9 Å². The van der Waals surface area contributed by atoms with Crippen LogP contribution in [0, 0.1) is 5.92 Å². The van der Waals surface area contributed by atoms with E-state index in [4.69, 9.17) is 56.2 Å². The molecule has 0 spiro atoms. The van der Waals surface area contributed by atoms with Crippen LogP contribution in [0.1, 0.15) is 44.4 Å². The summed E-state index contributed by atoms with van der Waals surface area (Å²) >= 11 is 25.6. The van der Waals surface area contributed by atoms with Crippen LogP contribution in [-0.2, 0) is 9.53 Å². The third-order valence-electron chi connectivity index (χ3n) is 6.48. The van der Waals surface area contributed by atoms with Gasteiger partial charge in [-0.1, -0.05) is 65.5 Å². The number of benzene rings is 2. The van der Waals surface area contributed by atoms with Crippen molar-refractivity contribution in [3.05, 3.63) is 85.0 Å². The smallest absolute Gasteiger partial charge is 0.332 e. The highest BCUT2D eigenvalue weighted by molar-refractivity contribution is 6.36. The van der Waals surface area contributed by atoms with E-state index in [1.54, 1.807) is 19.1 Å². The SMILES string of the molecule is CCCN1C/C(=C\c2ccc(Cl)cc2Cl)C2=NN(/C(C)=C/C(=O)OCC)C(c3ccc(Cl)cc3Cl)C2C1. The van der Waals surface area contributed by atoms with Gasteiger partial charge in [-0.25, -0.2) is 4.79 Å². The molecule has 2 aromatic rings. The van der Waals surface area contributed by atoms with Crippen LogP contribution >= 0.6 is 46.4 Å². The summed E-state index contributed by atoms with van der Waals surface area (Å²) in [7, 11) is 0. The molecule has 0 radical (unpaired) electrons. The van der Waals surface area contributed by atoms with E-state index in [-0.39, 0.29) is 12.0 Å². The van der Waals surface area contributed by atoms with Gasteiger partial charge >= 0.3 is 5.97 Å². The predicted octanol–water partition coefficient (Wildman–Crippen LogP) is 7.91. The van der Waals surface area contributed by atoms with Crippen molar-refractivity contribution in [2.24, 2.45) is 11.0 Å². The Morgan fingerprint density at radius 2 is 1.78 bits per heavy atom. The van der Waals surface area contributed by atoms with Crippen molar-refractivity contribution in [2.45, 2.75) is 33.2 Å². The number of halogens is 4. The van der Waals surface area contributed by atoms with Crippen LogP contribution < -0.4 is 0 Å². The fraction of sp³-hybridized carbons (Fsp3) is 0.357. The zero-order valence-corrected chi connectivity index (χ0v) is 24.0. The maximum Gasteiger partial charge on any atom is 0.332 e. The van der Waals surface area contributed by atoms with Crippen molar-refractivity contribution >= 4 is 64.2 Å². The van der Waals surface area contributed by atoms with E-state index in [0.717, 1.165) is 48.5 Å². The van der Waals surface area contributed by atoms with Crippen LogP contribution in [0.3, 0.4) is 0 Å².